The maximum atomic E-state index is 13.0. The summed E-state index contributed by atoms with van der Waals surface area (Å²) < 4.78 is 41.0. The third-order valence-electron chi connectivity index (χ3n) is 5.71. The standard InChI is InChI=1S/C27H21F3N6O/c1-16-9-11-31-22(13-16)34-25-23-21(10-12-36(23)2)33-24(35-25)17-5-4-8-20(15-17)32-26(37)18-6-3-7-19(14-18)27(28,29)30/h3-15H,1-2H3,(H,32,37)(H,31,33,34,35). The lowest BCUT2D eigenvalue weighted by atomic mass is 10.1. The first kappa shape index (κ1) is 24.0. The normalized spacial score (nSPS) is 11.5. The van der Waals surface area contributed by atoms with E-state index in [0.717, 1.165) is 23.2 Å². The molecular weight excluding hydrogens is 481 g/mol. The summed E-state index contributed by atoms with van der Waals surface area (Å²) in [5.41, 5.74) is 2.57. The van der Waals surface area contributed by atoms with Gasteiger partial charge in [0.15, 0.2) is 11.6 Å². The van der Waals surface area contributed by atoms with Gasteiger partial charge in [-0.3, -0.25) is 4.79 Å². The van der Waals surface area contributed by atoms with Crippen molar-refractivity contribution >= 4 is 34.3 Å². The van der Waals surface area contributed by atoms with Crippen LogP contribution in [0.2, 0.25) is 0 Å². The number of hydrogen-bond donors (Lipinski definition) is 2. The van der Waals surface area contributed by atoms with E-state index in [1.807, 2.05) is 42.9 Å². The van der Waals surface area contributed by atoms with E-state index in [-0.39, 0.29) is 5.56 Å². The Morgan fingerprint density at radius 3 is 2.57 bits per heavy atom. The fourth-order valence-electron chi connectivity index (χ4n) is 3.91. The number of halogens is 3. The SMILES string of the molecule is Cc1ccnc(Nc2nc(-c3cccc(NC(=O)c4cccc(C(F)(F)F)c4)c3)nc3ccn(C)c23)c1. The Morgan fingerprint density at radius 1 is 0.973 bits per heavy atom. The van der Waals surface area contributed by atoms with Crippen molar-refractivity contribution in [1.29, 1.82) is 0 Å². The van der Waals surface area contributed by atoms with Crippen molar-refractivity contribution in [2.75, 3.05) is 10.6 Å². The maximum absolute atomic E-state index is 13.0. The van der Waals surface area contributed by atoms with Crippen LogP contribution in [0.25, 0.3) is 22.4 Å². The lowest BCUT2D eigenvalue weighted by Crippen LogP contribution is -2.14. The van der Waals surface area contributed by atoms with E-state index in [9.17, 15) is 18.0 Å². The number of nitrogens with zero attached hydrogens (tertiary/aromatic N) is 4. The lowest BCUT2D eigenvalue weighted by molar-refractivity contribution is -0.137. The first-order valence-corrected chi connectivity index (χ1v) is 11.3. The molecule has 0 aliphatic carbocycles. The number of fused-ring (bicyclic) bond motifs is 1. The minimum Gasteiger partial charge on any atom is -0.346 e. The molecule has 0 aliphatic heterocycles. The summed E-state index contributed by atoms with van der Waals surface area (Å²) in [6, 6.07) is 16.8. The zero-order valence-corrected chi connectivity index (χ0v) is 19.8. The van der Waals surface area contributed by atoms with Gasteiger partial charge in [-0.2, -0.15) is 13.2 Å². The Morgan fingerprint density at radius 2 is 1.78 bits per heavy atom. The number of carbonyl (C=O) groups excluding carboxylic acids is 1. The molecule has 37 heavy (non-hydrogen) atoms. The van der Waals surface area contributed by atoms with E-state index in [1.54, 1.807) is 30.5 Å². The Balaban J connectivity index is 1.47. The number of aryl methyl sites for hydroxylation is 2. The van der Waals surface area contributed by atoms with Gasteiger partial charge in [-0.15, -0.1) is 0 Å². The summed E-state index contributed by atoms with van der Waals surface area (Å²) in [6.07, 6.45) is -0.953. The number of carbonyl (C=O) groups is 1. The molecule has 2 aromatic carbocycles. The highest BCUT2D eigenvalue weighted by Gasteiger charge is 2.30. The van der Waals surface area contributed by atoms with Crippen LogP contribution < -0.4 is 10.6 Å². The van der Waals surface area contributed by atoms with Gasteiger partial charge in [0, 0.05) is 36.3 Å². The molecule has 0 spiro atoms. The van der Waals surface area contributed by atoms with E-state index in [0.29, 0.717) is 34.2 Å². The number of pyridine rings is 1. The number of rotatable bonds is 5. The first-order valence-electron chi connectivity index (χ1n) is 11.3. The van der Waals surface area contributed by atoms with E-state index >= 15 is 0 Å². The van der Waals surface area contributed by atoms with Crippen molar-refractivity contribution in [3.8, 4) is 11.4 Å². The average Bonchev–Trinajstić information content (AvgIpc) is 3.24. The molecule has 1 amide bonds. The van der Waals surface area contributed by atoms with Gasteiger partial charge in [-0.1, -0.05) is 18.2 Å². The van der Waals surface area contributed by atoms with Crippen LogP contribution in [-0.4, -0.2) is 25.4 Å². The van der Waals surface area contributed by atoms with Gasteiger partial charge < -0.3 is 15.2 Å². The van der Waals surface area contributed by atoms with E-state index in [4.69, 9.17) is 4.98 Å². The van der Waals surface area contributed by atoms with Crippen LogP contribution in [0.1, 0.15) is 21.5 Å². The third-order valence-corrected chi connectivity index (χ3v) is 5.71. The van der Waals surface area contributed by atoms with Crippen molar-refractivity contribution in [3.05, 3.63) is 95.8 Å². The van der Waals surface area contributed by atoms with Gasteiger partial charge >= 0.3 is 6.18 Å². The van der Waals surface area contributed by atoms with Gasteiger partial charge in [-0.05, 0) is 61.0 Å². The van der Waals surface area contributed by atoms with Crippen molar-refractivity contribution in [3.63, 3.8) is 0 Å². The fraction of sp³-hybridized carbons (Fsp3) is 0.111. The predicted octanol–water partition coefficient (Wildman–Crippen LogP) is 6.35. The van der Waals surface area contributed by atoms with Crippen LogP contribution in [0.5, 0.6) is 0 Å². The lowest BCUT2D eigenvalue weighted by Gasteiger charge is -2.12. The molecule has 5 aromatic rings. The highest BCUT2D eigenvalue weighted by atomic mass is 19.4. The van der Waals surface area contributed by atoms with E-state index < -0.39 is 17.6 Å². The molecule has 0 fully saturated rings. The molecule has 0 atom stereocenters. The van der Waals surface area contributed by atoms with Gasteiger partial charge in [-0.25, -0.2) is 15.0 Å². The van der Waals surface area contributed by atoms with Crippen LogP contribution in [0.3, 0.4) is 0 Å². The highest BCUT2D eigenvalue weighted by Crippen LogP contribution is 2.31. The molecule has 3 aromatic heterocycles. The Hall–Kier alpha value is -4.73. The summed E-state index contributed by atoms with van der Waals surface area (Å²) in [5, 5.41) is 5.92. The minimum absolute atomic E-state index is 0.0978. The van der Waals surface area contributed by atoms with Gasteiger partial charge in [0.05, 0.1) is 11.1 Å². The molecule has 186 valence electrons. The minimum atomic E-state index is -4.54. The van der Waals surface area contributed by atoms with Crippen LogP contribution in [-0.2, 0) is 13.2 Å². The number of amides is 1. The number of anilines is 3. The Labute approximate surface area is 210 Å². The molecule has 0 bridgehead atoms. The van der Waals surface area contributed by atoms with Crippen LogP contribution in [0.4, 0.5) is 30.5 Å². The number of nitrogens with one attached hydrogen (secondary N) is 2. The topological polar surface area (TPSA) is 84.7 Å². The van der Waals surface area contributed by atoms with Crippen molar-refractivity contribution < 1.29 is 18.0 Å². The largest absolute Gasteiger partial charge is 0.416 e. The van der Waals surface area contributed by atoms with Crippen LogP contribution >= 0.6 is 0 Å². The smallest absolute Gasteiger partial charge is 0.346 e. The second-order valence-corrected chi connectivity index (χ2v) is 8.51. The molecule has 2 N–H and O–H groups in total. The van der Waals surface area contributed by atoms with E-state index in [1.165, 1.54) is 12.1 Å². The number of benzene rings is 2. The summed E-state index contributed by atoms with van der Waals surface area (Å²) >= 11 is 0. The molecule has 0 unspecified atom stereocenters. The van der Waals surface area contributed by atoms with Gasteiger partial charge in [0.25, 0.3) is 5.91 Å². The molecule has 0 radical (unpaired) electrons. The van der Waals surface area contributed by atoms with Crippen molar-refractivity contribution in [2.24, 2.45) is 7.05 Å². The molecule has 3 heterocycles. The second kappa shape index (κ2) is 9.38. The molecule has 7 nitrogen and oxygen atoms in total. The summed E-state index contributed by atoms with van der Waals surface area (Å²) in [7, 11) is 1.89. The Bertz CT molecular complexity index is 1630. The molecule has 0 saturated carbocycles. The molecule has 5 rings (SSSR count). The highest BCUT2D eigenvalue weighted by molar-refractivity contribution is 6.04. The van der Waals surface area contributed by atoms with Crippen molar-refractivity contribution in [2.45, 2.75) is 13.1 Å². The van der Waals surface area contributed by atoms with Gasteiger partial charge in [0.2, 0.25) is 0 Å². The fourth-order valence-corrected chi connectivity index (χ4v) is 3.91. The monoisotopic (exact) mass is 502 g/mol. The molecule has 0 aliphatic rings. The first-order chi connectivity index (χ1) is 17.7. The van der Waals surface area contributed by atoms with Crippen LogP contribution in [0, 0.1) is 6.92 Å². The molecular formula is C27H21F3N6O. The second-order valence-electron chi connectivity index (χ2n) is 8.51. The van der Waals surface area contributed by atoms with Gasteiger partial charge in [0.1, 0.15) is 11.3 Å². The summed E-state index contributed by atoms with van der Waals surface area (Å²) in [4.78, 5) is 26.4. The predicted molar refractivity (Wildman–Crippen MR) is 136 cm³/mol. The quantitative estimate of drug-likeness (QED) is 0.292. The third kappa shape index (κ3) is 5.13. The number of aromatic nitrogens is 4. The molecule has 0 saturated heterocycles. The Kier molecular flexibility index (Phi) is 6.08. The van der Waals surface area contributed by atoms with Crippen LogP contribution in [0.15, 0.2) is 79.1 Å². The maximum Gasteiger partial charge on any atom is 0.416 e. The zero-order chi connectivity index (χ0) is 26.2. The summed E-state index contributed by atoms with van der Waals surface area (Å²) in [6.45, 7) is 1.97. The number of alkyl halides is 3. The summed E-state index contributed by atoms with van der Waals surface area (Å²) in [5.74, 6) is 0.942. The number of hydrogen-bond acceptors (Lipinski definition) is 5. The average molecular weight is 503 g/mol. The van der Waals surface area contributed by atoms with E-state index in [2.05, 4.69) is 20.6 Å². The molecule has 10 heteroatoms. The van der Waals surface area contributed by atoms with Crippen molar-refractivity contribution in [1.82, 2.24) is 19.5 Å². The zero-order valence-electron chi connectivity index (χ0n) is 19.8.